The Kier molecular flexibility index (Phi) is 5.18. The SMILES string of the molecule is O=C(CN1CCOCC1)NCCc1cccc(O)c1. The summed E-state index contributed by atoms with van der Waals surface area (Å²) in [7, 11) is 0. The molecule has 1 aromatic carbocycles. The summed E-state index contributed by atoms with van der Waals surface area (Å²) in [6.45, 7) is 4.07. The Labute approximate surface area is 113 Å². The topological polar surface area (TPSA) is 61.8 Å². The average Bonchev–Trinajstić information content (AvgIpc) is 2.40. The van der Waals surface area contributed by atoms with Crippen LogP contribution in [0.4, 0.5) is 0 Å². The second-order valence-electron chi connectivity index (χ2n) is 4.66. The lowest BCUT2D eigenvalue weighted by Gasteiger charge is -2.25. The number of aromatic hydroxyl groups is 1. The number of hydrogen-bond donors (Lipinski definition) is 2. The van der Waals surface area contributed by atoms with Crippen molar-refractivity contribution in [3.63, 3.8) is 0 Å². The summed E-state index contributed by atoms with van der Waals surface area (Å²) in [6.07, 6.45) is 0.725. The van der Waals surface area contributed by atoms with Crippen molar-refractivity contribution in [3.05, 3.63) is 29.8 Å². The molecule has 0 radical (unpaired) electrons. The lowest BCUT2D eigenvalue weighted by molar-refractivity contribution is -0.123. The van der Waals surface area contributed by atoms with Crippen LogP contribution in [0.25, 0.3) is 0 Å². The quantitative estimate of drug-likeness (QED) is 0.807. The molecule has 0 atom stereocenters. The van der Waals surface area contributed by atoms with E-state index in [-0.39, 0.29) is 11.7 Å². The smallest absolute Gasteiger partial charge is 0.234 e. The summed E-state index contributed by atoms with van der Waals surface area (Å²) in [5.41, 5.74) is 1.02. The second kappa shape index (κ2) is 7.11. The molecule has 1 aliphatic rings. The van der Waals surface area contributed by atoms with Crippen molar-refractivity contribution < 1.29 is 14.6 Å². The fourth-order valence-corrected chi connectivity index (χ4v) is 2.08. The van der Waals surface area contributed by atoms with Gasteiger partial charge in [-0.05, 0) is 24.1 Å². The fourth-order valence-electron chi connectivity index (χ4n) is 2.08. The van der Waals surface area contributed by atoms with Crippen LogP contribution in [0.3, 0.4) is 0 Å². The molecule has 1 amide bonds. The van der Waals surface area contributed by atoms with Crippen molar-refractivity contribution in [2.24, 2.45) is 0 Å². The Morgan fingerprint density at radius 3 is 2.89 bits per heavy atom. The van der Waals surface area contributed by atoms with Gasteiger partial charge in [0.2, 0.25) is 5.91 Å². The Hall–Kier alpha value is -1.59. The summed E-state index contributed by atoms with van der Waals surface area (Å²) in [5.74, 6) is 0.305. The number of ether oxygens (including phenoxy) is 1. The molecule has 2 N–H and O–H groups in total. The van der Waals surface area contributed by atoms with Crippen molar-refractivity contribution in [1.82, 2.24) is 10.2 Å². The Bertz CT molecular complexity index is 417. The van der Waals surface area contributed by atoms with Crippen LogP contribution in [0.5, 0.6) is 5.75 Å². The molecule has 2 rings (SSSR count). The maximum Gasteiger partial charge on any atom is 0.234 e. The number of amides is 1. The van der Waals surface area contributed by atoms with Gasteiger partial charge >= 0.3 is 0 Å². The van der Waals surface area contributed by atoms with E-state index >= 15 is 0 Å². The van der Waals surface area contributed by atoms with Crippen molar-refractivity contribution in [1.29, 1.82) is 0 Å². The highest BCUT2D eigenvalue weighted by Gasteiger charge is 2.13. The van der Waals surface area contributed by atoms with Crippen molar-refractivity contribution in [2.45, 2.75) is 6.42 Å². The van der Waals surface area contributed by atoms with Gasteiger partial charge in [-0.1, -0.05) is 12.1 Å². The van der Waals surface area contributed by atoms with E-state index in [1.165, 1.54) is 0 Å². The number of nitrogens with zero attached hydrogens (tertiary/aromatic N) is 1. The molecule has 19 heavy (non-hydrogen) atoms. The van der Waals surface area contributed by atoms with E-state index in [4.69, 9.17) is 4.74 Å². The van der Waals surface area contributed by atoms with Gasteiger partial charge in [-0.2, -0.15) is 0 Å². The van der Waals surface area contributed by atoms with Crippen molar-refractivity contribution in [2.75, 3.05) is 39.4 Å². The van der Waals surface area contributed by atoms with Gasteiger partial charge in [0.25, 0.3) is 0 Å². The van der Waals surface area contributed by atoms with Crippen LogP contribution in [0.2, 0.25) is 0 Å². The monoisotopic (exact) mass is 264 g/mol. The Balaban J connectivity index is 1.66. The number of carbonyl (C=O) groups is 1. The average molecular weight is 264 g/mol. The van der Waals surface area contributed by atoms with E-state index < -0.39 is 0 Å². The highest BCUT2D eigenvalue weighted by molar-refractivity contribution is 5.78. The Morgan fingerprint density at radius 2 is 2.16 bits per heavy atom. The third-order valence-corrected chi connectivity index (χ3v) is 3.12. The second-order valence-corrected chi connectivity index (χ2v) is 4.66. The number of morpholine rings is 1. The molecule has 0 aliphatic carbocycles. The van der Waals surface area contributed by atoms with Gasteiger partial charge in [-0.15, -0.1) is 0 Å². The van der Waals surface area contributed by atoms with Crippen LogP contribution in [0.1, 0.15) is 5.56 Å². The van der Waals surface area contributed by atoms with E-state index in [2.05, 4.69) is 10.2 Å². The lowest BCUT2D eigenvalue weighted by atomic mass is 10.1. The number of phenolic OH excluding ortho intramolecular Hbond substituents is 1. The van der Waals surface area contributed by atoms with Crippen LogP contribution < -0.4 is 5.32 Å². The zero-order chi connectivity index (χ0) is 13.5. The number of phenols is 1. The number of benzene rings is 1. The molecule has 0 saturated carbocycles. The van der Waals surface area contributed by atoms with Crippen LogP contribution in [-0.4, -0.2) is 55.3 Å². The zero-order valence-electron chi connectivity index (χ0n) is 11.0. The Morgan fingerprint density at radius 1 is 1.37 bits per heavy atom. The lowest BCUT2D eigenvalue weighted by Crippen LogP contribution is -2.43. The van der Waals surface area contributed by atoms with Crippen LogP contribution in [0, 0.1) is 0 Å². The third kappa shape index (κ3) is 4.89. The van der Waals surface area contributed by atoms with E-state index in [1.807, 2.05) is 6.07 Å². The van der Waals surface area contributed by atoms with E-state index in [0.717, 1.165) is 25.1 Å². The first-order valence-corrected chi connectivity index (χ1v) is 6.59. The molecule has 0 bridgehead atoms. The predicted molar refractivity (Wildman–Crippen MR) is 72.1 cm³/mol. The van der Waals surface area contributed by atoms with Gasteiger partial charge in [0.05, 0.1) is 19.8 Å². The van der Waals surface area contributed by atoms with Crippen molar-refractivity contribution in [3.8, 4) is 5.75 Å². The molecule has 1 fully saturated rings. The number of rotatable bonds is 5. The summed E-state index contributed by atoms with van der Waals surface area (Å²) in [5, 5.41) is 12.2. The van der Waals surface area contributed by atoms with Gasteiger partial charge < -0.3 is 15.2 Å². The minimum absolute atomic E-state index is 0.0436. The van der Waals surface area contributed by atoms with Gasteiger partial charge in [0, 0.05) is 19.6 Å². The fraction of sp³-hybridized carbons (Fsp3) is 0.500. The van der Waals surface area contributed by atoms with Crippen LogP contribution in [-0.2, 0) is 16.0 Å². The summed E-state index contributed by atoms with van der Waals surface area (Å²) >= 11 is 0. The van der Waals surface area contributed by atoms with Crippen LogP contribution >= 0.6 is 0 Å². The van der Waals surface area contributed by atoms with Gasteiger partial charge in [-0.3, -0.25) is 9.69 Å². The first-order chi connectivity index (χ1) is 9.24. The van der Waals surface area contributed by atoms with Crippen LogP contribution in [0.15, 0.2) is 24.3 Å². The highest BCUT2D eigenvalue weighted by atomic mass is 16.5. The van der Waals surface area contributed by atoms with Crippen molar-refractivity contribution >= 4 is 5.91 Å². The number of carbonyl (C=O) groups excluding carboxylic acids is 1. The zero-order valence-corrected chi connectivity index (χ0v) is 11.0. The molecule has 0 unspecified atom stereocenters. The molecule has 1 aliphatic heterocycles. The van der Waals surface area contributed by atoms with E-state index in [9.17, 15) is 9.90 Å². The van der Waals surface area contributed by atoms with Gasteiger partial charge in [-0.25, -0.2) is 0 Å². The number of hydrogen-bond acceptors (Lipinski definition) is 4. The molecule has 0 aromatic heterocycles. The molecule has 5 nitrogen and oxygen atoms in total. The van der Waals surface area contributed by atoms with E-state index in [1.54, 1.807) is 18.2 Å². The minimum Gasteiger partial charge on any atom is -0.508 e. The largest absolute Gasteiger partial charge is 0.508 e. The third-order valence-electron chi connectivity index (χ3n) is 3.12. The standard InChI is InChI=1S/C14H20N2O3/c17-13-3-1-2-12(10-13)4-5-15-14(18)11-16-6-8-19-9-7-16/h1-3,10,17H,4-9,11H2,(H,15,18). The first-order valence-electron chi connectivity index (χ1n) is 6.59. The molecule has 104 valence electrons. The summed E-state index contributed by atoms with van der Waals surface area (Å²) in [6, 6.07) is 7.10. The number of nitrogens with one attached hydrogen (secondary N) is 1. The molecular formula is C14H20N2O3. The van der Waals surface area contributed by atoms with Gasteiger partial charge in [0.15, 0.2) is 0 Å². The van der Waals surface area contributed by atoms with Gasteiger partial charge in [0.1, 0.15) is 5.75 Å². The minimum atomic E-state index is 0.0436. The molecule has 0 spiro atoms. The maximum absolute atomic E-state index is 11.7. The molecule has 5 heteroatoms. The molecule has 1 saturated heterocycles. The van der Waals surface area contributed by atoms with E-state index in [0.29, 0.717) is 26.3 Å². The first kappa shape index (κ1) is 13.8. The summed E-state index contributed by atoms with van der Waals surface area (Å²) in [4.78, 5) is 13.8. The molecular weight excluding hydrogens is 244 g/mol. The summed E-state index contributed by atoms with van der Waals surface area (Å²) < 4.78 is 5.23. The normalized spacial score (nSPS) is 16.2. The maximum atomic E-state index is 11.7. The predicted octanol–water partition coefficient (Wildman–Crippen LogP) is 0.383. The highest BCUT2D eigenvalue weighted by Crippen LogP contribution is 2.10. The molecule has 1 heterocycles. The molecule has 1 aromatic rings.